The zero-order chi connectivity index (χ0) is 19.2. The molecular weight excluding hydrogens is 393 g/mol. The molecule has 12 heteroatoms. The summed E-state index contributed by atoms with van der Waals surface area (Å²) < 4.78 is 98.8. The minimum absolute atomic E-state index is 0.00512. The number of hydrogen-bond donors (Lipinski definition) is 1. The summed E-state index contributed by atoms with van der Waals surface area (Å²) in [5.41, 5.74) is -4.85. The summed E-state index contributed by atoms with van der Waals surface area (Å²) in [5.74, 6) is 0.298. The van der Waals surface area contributed by atoms with E-state index in [2.05, 4.69) is 0 Å². The fraction of sp³-hybridized carbons (Fsp3) is 0.571. The van der Waals surface area contributed by atoms with E-state index in [0.717, 1.165) is 0 Å². The van der Waals surface area contributed by atoms with Crippen LogP contribution < -0.4 is 24.3 Å². The Morgan fingerprint density at radius 2 is 1.23 bits per heavy atom. The van der Waals surface area contributed by atoms with Crippen LogP contribution in [0, 0.1) is 0 Å². The molecule has 1 unspecified atom stereocenters. The number of fused-ring (bicyclic) bond motifs is 2. The van der Waals surface area contributed by atoms with Crippen molar-refractivity contribution in [2.75, 3.05) is 32.6 Å². The predicted molar refractivity (Wildman–Crippen MR) is 78.3 cm³/mol. The van der Waals surface area contributed by atoms with Gasteiger partial charge in [0.15, 0.2) is 23.0 Å². The lowest BCUT2D eigenvalue weighted by atomic mass is 10.1. The number of benzene rings is 1. The molecule has 2 heterocycles. The smallest absolute Gasteiger partial charge is 0.426 e. The van der Waals surface area contributed by atoms with Gasteiger partial charge in [-0.1, -0.05) is 8.58 Å². The molecule has 0 amide bonds. The third-order valence-electron chi connectivity index (χ3n) is 3.80. The number of hydrogen-bond acceptors (Lipinski definition) is 5. The summed E-state index contributed by atoms with van der Waals surface area (Å²) in [7, 11) is -1.12. The highest BCUT2D eigenvalue weighted by molar-refractivity contribution is 7.48. The van der Waals surface area contributed by atoms with Crippen molar-refractivity contribution in [3.8, 4) is 23.0 Å². The van der Waals surface area contributed by atoms with Crippen molar-refractivity contribution >= 4 is 13.9 Å². The van der Waals surface area contributed by atoms with Crippen molar-refractivity contribution in [3.05, 3.63) is 6.07 Å². The fourth-order valence-electron chi connectivity index (χ4n) is 2.43. The summed E-state index contributed by atoms with van der Waals surface area (Å²) >= 11 is 0. The maximum atomic E-state index is 12.9. The van der Waals surface area contributed by atoms with Gasteiger partial charge in [-0.25, -0.2) is 0 Å². The number of halogens is 6. The topological polar surface area (TPSA) is 57.2 Å². The van der Waals surface area contributed by atoms with E-state index in [9.17, 15) is 31.4 Å². The Balaban J connectivity index is 1.99. The van der Waals surface area contributed by atoms with Gasteiger partial charge in [0.1, 0.15) is 26.4 Å². The number of ether oxygens (including phenoxy) is 4. The minimum atomic E-state index is -5.89. The third-order valence-corrected chi connectivity index (χ3v) is 5.29. The molecule has 0 saturated heterocycles. The third kappa shape index (κ3) is 3.22. The normalized spacial score (nSPS) is 17.7. The van der Waals surface area contributed by atoms with Gasteiger partial charge in [-0.05, 0) is 0 Å². The van der Waals surface area contributed by atoms with Crippen LogP contribution in [0.5, 0.6) is 23.0 Å². The SMILES string of the molecule is OC(CPc1c2c(cc3c1OCCO3)OCCO2)(C(F)(F)F)C(F)(F)F. The number of rotatable bonds is 3. The van der Waals surface area contributed by atoms with E-state index in [1.54, 1.807) is 0 Å². The van der Waals surface area contributed by atoms with Crippen LogP contribution in [0.1, 0.15) is 0 Å². The lowest BCUT2D eigenvalue weighted by Crippen LogP contribution is -2.58. The molecule has 1 aromatic carbocycles. The Morgan fingerprint density at radius 3 is 1.65 bits per heavy atom. The first-order valence-electron chi connectivity index (χ1n) is 7.36. The van der Waals surface area contributed by atoms with Crippen LogP contribution in [-0.2, 0) is 0 Å². The van der Waals surface area contributed by atoms with Crippen LogP contribution in [0.2, 0.25) is 0 Å². The van der Waals surface area contributed by atoms with E-state index in [0.29, 0.717) is 0 Å². The van der Waals surface area contributed by atoms with Crippen LogP contribution in [0.25, 0.3) is 0 Å². The van der Waals surface area contributed by atoms with E-state index in [1.807, 2.05) is 0 Å². The Morgan fingerprint density at radius 1 is 0.808 bits per heavy atom. The van der Waals surface area contributed by atoms with Crippen LogP contribution in [0.15, 0.2) is 6.07 Å². The molecule has 1 N–H and O–H groups in total. The van der Waals surface area contributed by atoms with Crippen LogP contribution >= 0.6 is 8.58 Å². The highest BCUT2D eigenvalue weighted by atomic mass is 31.1. The Labute approximate surface area is 144 Å². The van der Waals surface area contributed by atoms with Crippen LogP contribution in [0.3, 0.4) is 0 Å². The van der Waals surface area contributed by atoms with E-state index < -0.39 is 32.7 Å². The fourth-order valence-corrected chi connectivity index (χ4v) is 3.97. The second-order valence-electron chi connectivity index (χ2n) is 5.51. The average molecular weight is 406 g/mol. The Bertz CT molecular complexity index is 642. The van der Waals surface area contributed by atoms with Crippen LogP contribution in [-0.4, -0.2) is 55.6 Å². The number of alkyl halides is 6. The van der Waals surface area contributed by atoms with Crippen LogP contribution in [0.4, 0.5) is 26.3 Å². The minimum Gasteiger partial charge on any atom is -0.486 e. The summed E-state index contributed by atoms with van der Waals surface area (Å²) in [4.78, 5) is 0. The molecule has 0 radical (unpaired) electrons. The van der Waals surface area contributed by atoms with Gasteiger partial charge in [-0.15, -0.1) is 0 Å². The predicted octanol–water partition coefficient (Wildman–Crippen LogP) is 2.39. The van der Waals surface area contributed by atoms with Crippen molar-refractivity contribution in [3.63, 3.8) is 0 Å². The molecule has 0 aliphatic carbocycles. The molecule has 2 aliphatic heterocycles. The zero-order valence-corrected chi connectivity index (χ0v) is 14.0. The molecule has 0 aromatic heterocycles. The Hall–Kier alpha value is -1.61. The molecule has 0 fully saturated rings. The molecule has 0 spiro atoms. The van der Waals surface area contributed by atoms with Gasteiger partial charge in [0.25, 0.3) is 5.60 Å². The van der Waals surface area contributed by atoms with Crippen molar-refractivity contribution < 1.29 is 50.4 Å². The molecule has 5 nitrogen and oxygen atoms in total. The molecule has 1 atom stereocenters. The van der Waals surface area contributed by atoms with Gasteiger partial charge in [0.05, 0.1) is 5.30 Å². The first-order chi connectivity index (χ1) is 12.0. The summed E-state index contributed by atoms with van der Waals surface area (Å²) in [6.45, 7) is 0.494. The molecule has 2 aliphatic rings. The molecule has 1 aromatic rings. The van der Waals surface area contributed by atoms with Crippen molar-refractivity contribution in [1.82, 2.24) is 0 Å². The van der Waals surface area contributed by atoms with Gasteiger partial charge in [0.2, 0.25) is 0 Å². The van der Waals surface area contributed by atoms with Crippen molar-refractivity contribution in [2.45, 2.75) is 18.0 Å². The zero-order valence-electron chi connectivity index (χ0n) is 13.0. The highest BCUT2D eigenvalue weighted by Gasteiger charge is 2.70. The second kappa shape index (κ2) is 6.53. The van der Waals surface area contributed by atoms with Gasteiger partial charge < -0.3 is 24.1 Å². The summed E-state index contributed by atoms with van der Waals surface area (Å²) in [6, 6.07) is 1.41. The molecule has 0 saturated carbocycles. The largest absolute Gasteiger partial charge is 0.486 e. The quantitative estimate of drug-likeness (QED) is 0.617. The first-order valence-corrected chi connectivity index (χ1v) is 8.57. The van der Waals surface area contributed by atoms with E-state index >= 15 is 0 Å². The van der Waals surface area contributed by atoms with Gasteiger partial charge in [-0.3, -0.25) is 0 Å². The average Bonchev–Trinajstić information content (AvgIpc) is 2.56. The lowest BCUT2D eigenvalue weighted by molar-refractivity contribution is -0.358. The molecular formula is C14H13F6O5P. The molecule has 0 bridgehead atoms. The monoisotopic (exact) mass is 406 g/mol. The van der Waals surface area contributed by atoms with E-state index in [-0.39, 0.29) is 54.7 Å². The van der Waals surface area contributed by atoms with Gasteiger partial charge in [0, 0.05) is 12.2 Å². The molecule has 3 rings (SSSR count). The molecule has 146 valence electrons. The lowest BCUT2D eigenvalue weighted by Gasteiger charge is -2.33. The summed E-state index contributed by atoms with van der Waals surface area (Å²) in [6.07, 6.45) is -13.4. The van der Waals surface area contributed by atoms with E-state index in [1.165, 1.54) is 6.07 Å². The maximum Gasteiger partial charge on any atom is 0.426 e. The van der Waals surface area contributed by atoms with E-state index in [4.69, 9.17) is 18.9 Å². The number of aliphatic hydroxyl groups is 1. The van der Waals surface area contributed by atoms with Gasteiger partial charge in [-0.2, -0.15) is 26.3 Å². The van der Waals surface area contributed by atoms with Crippen molar-refractivity contribution in [2.24, 2.45) is 0 Å². The van der Waals surface area contributed by atoms with Crippen molar-refractivity contribution in [1.29, 1.82) is 0 Å². The highest BCUT2D eigenvalue weighted by Crippen LogP contribution is 2.49. The second-order valence-corrected chi connectivity index (χ2v) is 6.72. The Kier molecular flexibility index (Phi) is 4.81. The first kappa shape index (κ1) is 19.2. The standard InChI is InChI=1S/C14H13F6O5P/c15-13(16,17)12(21,14(18,19)20)6-26-11-9-7(22-1-3-24-9)5-8-10(11)25-4-2-23-8/h5,21,26H,1-4,6H2. The van der Waals surface area contributed by atoms with Gasteiger partial charge >= 0.3 is 12.4 Å². The maximum absolute atomic E-state index is 12.9. The molecule has 26 heavy (non-hydrogen) atoms. The summed E-state index contributed by atoms with van der Waals surface area (Å²) in [5, 5.41) is 9.33.